The molecule has 1 fully saturated rings. The average Bonchev–Trinajstić information content (AvgIpc) is 2.99. The van der Waals surface area contributed by atoms with E-state index in [1.165, 1.54) is 0 Å². The Kier molecular flexibility index (Phi) is 3.08. The van der Waals surface area contributed by atoms with E-state index in [1.54, 1.807) is 30.5 Å². The molecule has 0 saturated carbocycles. The van der Waals surface area contributed by atoms with Gasteiger partial charge in [-0.2, -0.15) is 13.2 Å². The summed E-state index contributed by atoms with van der Waals surface area (Å²) in [4.78, 5) is 14.2. The highest BCUT2D eigenvalue weighted by Gasteiger charge is 2.64. The van der Waals surface area contributed by atoms with E-state index in [0.29, 0.717) is 10.9 Å². The van der Waals surface area contributed by atoms with Gasteiger partial charge in [0.05, 0.1) is 6.04 Å². The lowest BCUT2D eigenvalue weighted by Gasteiger charge is -2.32. The fraction of sp³-hybridized carbons (Fsp3) is 0.308. The van der Waals surface area contributed by atoms with Crippen molar-refractivity contribution in [3.8, 4) is 0 Å². The molecular weight excluding hydrogens is 301 g/mol. The second kappa shape index (κ2) is 4.62. The number of nitrogens with one attached hydrogen (secondary N) is 2. The molecule has 2 atom stereocenters. The number of nitrogens with zero attached hydrogens (tertiary/aromatic N) is 1. The van der Waals surface area contributed by atoms with Crippen molar-refractivity contribution >= 4 is 16.9 Å². The summed E-state index contributed by atoms with van der Waals surface area (Å²) in [6.45, 7) is 0. The zero-order valence-electron chi connectivity index (χ0n) is 11.2. The van der Waals surface area contributed by atoms with Crippen LogP contribution in [0.2, 0.25) is 0 Å². The summed E-state index contributed by atoms with van der Waals surface area (Å²) in [7, 11) is 0. The van der Waals surface area contributed by atoms with Crippen molar-refractivity contribution in [3.63, 3.8) is 0 Å². The summed E-state index contributed by atoms with van der Waals surface area (Å²) in [6, 6.07) is 4.73. The third-order valence-corrected chi connectivity index (χ3v) is 3.81. The quantitative estimate of drug-likeness (QED) is 0.646. The number of carbonyl (C=O) groups is 1. The first kappa shape index (κ1) is 14.7. The number of carbonyl (C=O) groups excluding carboxylic acids is 1. The summed E-state index contributed by atoms with van der Waals surface area (Å²) >= 11 is 0. The molecule has 118 valence electrons. The number of amides is 2. The van der Waals surface area contributed by atoms with Crippen molar-refractivity contribution in [2.75, 3.05) is 0 Å². The number of aromatic amines is 1. The van der Waals surface area contributed by atoms with E-state index < -0.39 is 30.4 Å². The lowest BCUT2D eigenvalue weighted by Crippen LogP contribution is -2.61. The van der Waals surface area contributed by atoms with E-state index in [0.717, 1.165) is 5.52 Å². The van der Waals surface area contributed by atoms with Crippen molar-refractivity contribution in [2.24, 2.45) is 5.73 Å². The molecule has 0 radical (unpaired) electrons. The lowest BCUT2D eigenvalue weighted by molar-refractivity contribution is -0.299. The van der Waals surface area contributed by atoms with E-state index >= 15 is 0 Å². The zero-order valence-corrected chi connectivity index (χ0v) is 11.2. The molecule has 1 saturated heterocycles. The second-order valence-electron chi connectivity index (χ2n) is 5.16. The molecule has 6 nitrogen and oxygen atoms in total. The zero-order chi connectivity index (χ0) is 16.1. The largest absolute Gasteiger partial charge is 0.438 e. The Morgan fingerprint density at radius 2 is 2.09 bits per heavy atom. The summed E-state index contributed by atoms with van der Waals surface area (Å²) < 4.78 is 39.4. The molecule has 5 N–H and O–H groups in total. The van der Waals surface area contributed by atoms with Gasteiger partial charge < -0.3 is 15.8 Å². The molecule has 0 spiro atoms. The van der Waals surface area contributed by atoms with Gasteiger partial charge in [0.25, 0.3) is 5.72 Å². The fourth-order valence-electron chi connectivity index (χ4n) is 2.73. The van der Waals surface area contributed by atoms with Crippen molar-refractivity contribution in [1.29, 1.82) is 0 Å². The van der Waals surface area contributed by atoms with Gasteiger partial charge in [-0.15, -0.1) is 0 Å². The molecule has 2 amide bonds. The molecule has 3 rings (SSSR count). The van der Waals surface area contributed by atoms with Gasteiger partial charge in [-0.05, 0) is 11.6 Å². The molecule has 2 heterocycles. The molecule has 0 bridgehead atoms. The predicted octanol–water partition coefficient (Wildman–Crippen LogP) is 1.75. The van der Waals surface area contributed by atoms with Gasteiger partial charge in [0, 0.05) is 23.5 Å². The lowest BCUT2D eigenvalue weighted by atomic mass is 9.99. The van der Waals surface area contributed by atoms with Gasteiger partial charge in [-0.25, -0.2) is 15.2 Å². The van der Waals surface area contributed by atoms with Crippen LogP contribution in [0.1, 0.15) is 18.0 Å². The molecule has 0 aliphatic carbocycles. The number of halogens is 3. The summed E-state index contributed by atoms with van der Waals surface area (Å²) in [5.41, 5.74) is 5.22. The first-order chi connectivity index (χ1) is 10.2. The first-order valence-electron chi connectivity index (χ1n) is 6.45. The number of fused-ring (bicyclic) bond motifs is 1. The number of para-hydroxylation sites is 1. The van der Waals surface area contributed by atoms with Crippen LogP contribution in [-0.4, -0.2) is 33.0 Å². The third-order valence-electron chi connectivity index (χ3n) is 3.81. The second-order valence-corrected chi connectivity index (χ2v) is 5.16. The number of hydrogen-bond donors (Lipinski definition) is 4. The van der Waals surface area contributed by atoms with Crippen molar-refractivity contribution in [3.05, 3.63) is 36.0 Å². The van der Waals surface area contributed by atoms with E-state index in [2.05, 4.69) is 10.4 Å². The van der Waals surface area contributed by atoms with Crippen molar-refractivity contribution in [1.82, 2.24) is 15.4 Å². The number of hydrazine groups is 1. The number of aromatic nitrogens is 1. The molecule has 1 aromatic heterocycles. The SMILES string of the molecule is NC(=O)N1NC(c2c[nH]c3ccccc23)CC1(O)C(F)(F)F. The van der Waals surface area contributed by atoms with Crippen LogP contribution in [-0.2, 0) is 0 Å². The molecule has 1 aliphatic heterocycles. The van der Waals surface area contributed by atoms with Gasteiger partial charge in [0.2, 0.25) is 0 Å². The Hall–Kier alpha value is -2.26. The highest BCUT2D eigenvalue weighted by atomic mass is 19.4. The number of alkyl halides is 3. The van der Waals surface area contributed by atoms with Gasteiger partial charge in [-0.3, -0.25) is 0 Å². The summed E-state index contributed by atoms with van der Waals surface area (Å²) in [5.74, 6) is 0. The van der Waals surface area contributed by atoms with Crippen LogP contribution in [0.3, 0.4) is 0 Å². The Morgan fingerprint density at radius 1 is 1.41 bits per heavy atom. The smallest absolute Gasteiger partial charge is 0.362 e. The molecule has 9 heteroatoms. The highest BCUT2D eigenvalue weighted by molar-refractivity contribution is 5.83. The van der Waals surface area contributed by atoms with Crippen LogP contribution < -0.4 is 11.2 Å². The standard InChI is InChI=1S/C13H13F3N4O2/c14-13(15,16)12(22)5-10(19-20(12)11(17)21)8-6-18-9-4-2-1-3-7(8)9/h1-4,6,10,18-19,22H,5H2,(H2,17,21). The molecule has 2 aromatic rings. The van der Waals surface area contributed by atoms with Crippen LogP contribution in [0.5, 0.6) is 0 Å². The van der Waals surface area contributed by atoms with Gasteiger partial charge in [0.1, 0.15) is 0 Å². The van der Waals surface area contributed by atoms with E-state index in [-0.39, 0.29) is 5.01 Å². The highest BCUT2D eigenvalue weighted by Crippen LogP contribution is 2.44. The normalized spacial score (nSPS) is 25.8. The van der Waals surface area contributed by atoms with Gasteiger partial charge in [0.15, 0.2) is 0 Å². The summed E-state index contributed by atoms with van der Waals surface area (Å²) in [5, 5.41) is 10.7. The maximum Gasteiger partial charge on any atom is 0.438 e. The number of urea groups is 1. The summed E-state index contributed by atoms with van der Waals surface area (Å²) in [6.07, 6.45) is -4.24. The number of nitrogens with two attached hydrogens (primary N) is 1. The minimum atomic E-state index is -5.03. The van der Waals surface area contributed by atoms with Crippen LogP contribution in [0.4, 0.5) is 18.0 Å². The number of H-pyrrole nitrogens is 1. The first-order valence-corrected chi connectivity index (χ1v) is 6.45. The number of benzene rings is 1. The van der Waals surface area contributed by atoms with Crippen LogP contribution >= 0.6 is 0 Å². The Balaban J connectivity index is 2.03. The van der Waals surface area contributed by atoms with Crippen molar-refractivity contribution in [2.45, 2.75) is 24.4 Å². The maximum atomic E-state index is 13.1. The van der Waals surface area contributed by atoms with Crippen molar-refractivity contribution < 1.29 is 23.1 Å². The van der Waals surface area contributed by atoms with E-state index in [9.17, 15) is 23.1 Å². The third kappa shape index (κ3) is 2.01. The Bertz CT molecular complexity index is 729. The number of aliphatic hydroxyl groups is 1. The minimum absolute atomic E-state index is 0.0411. The monoisotopic (exact) mass is 314 g/mol. The number of hydrogen-bond acceptors (Lipinski definition) is 3. The number of rotatable bonds is 1. The van der Waals surface area contributed by atoms with E-state index in [1.807, 2.05) is 0 Å². The Labute approximate surface area is 122 Å². The number of primary amides is 1. The molecule has 22 heavy (non-hydrogen) atoms. The molecule has 1 aliphatic rings. The van der Waals surface area contributed by atoms with Crippen LogP contribution in [0, 0.1) is 0 Å². The molecule has 1 aromatic carbocycles. The van der Waals surface area contributed by atoms with Crippen LogP contribution in [0.25, 0.3) is 10.9 Å². The minimum Gasteiger partial charge on any atom is -0.362 e. The maximum absolute atomic E-state index is 13.1. The molecule has 2 unspecified atom stereocenters. The van der Waals surface area contributed by atoms with Crippen LogP contribution in [0.15, 0.2) is 30.5 Å². The predicted molar refractivity (Wildman–Crippen MR) is 71.2 cm³/mol. The van der Waals surface area contributed by atoms with E-state index in [4.69, 9.17) is 5.73 Å². The van der Waals surface area contributed by atoms with Gasteiger partial charge in [-0.1, -0.05) is 18.2 Å². The van der Waals surface area contributed by atoms with Gasteiger partial charge >= 0.3 is 12.2 Å². The average molecular weight is 314 g/mol. The molecular formula is C13H13F3N4O2. The Morgan fingerprint density at radius 3 is 2.68 bits per heavy atom. The fourth-order valence-corrected chi connectivity index (χ4v) is 2.73. The topological polar surface area (TPSA) is 94.4 Å².